The third kappa shape index (κ3) is 47.4. The van der Waals surface area contributed by atoms with Gasteiger partial charge in [-0.3, -0.25) is 0 Å². The van der Waals surface area contributed by atoms with E-state index in [1.165, 1.54) is 0 Å². The van der Waals surface area contributed by atoms with Gasteiger partial charge in [0, 0.05) is 0 Å². The summed E-state index contributed by atoms with van der Waals surface area (Å²) in [7, 11) is 0. The molecule has 3 nitrogen and oxygen atoms in total. The Kier molecular flexibility index (Phi) is 6.79. The van der Waals surface area contributed by atoms with E-state index in [-0.39, 0.29) is 0 Å². The molecule has 58 valence electrons. The third-order valence-electron chi connectivity index (χ3n) is 0.164. The van der Waals surface area contributed by atoms with Gasteiger partial charge in [0.05, 0.1) is 0 Å². The summed E-state index contributed by atoms with van der Waals surface area (Å²) < 4.78 is -1.51. The zero-order valence-electron chi connectivity index (χ0n) is 4.51. The Morgan fingerprint density at radius 2 is 1.50 bits per heavy atom. The maximum absolute atomic E-state index is 8.56. The molecule has 0 amide bonds. The van der Waals surface area contributed by atoms with Crippen LogP contribution in [0.4, 0.5) is 4.79 Å². The lowest BCUT2D eigenvalue weighted by Crippen LogP contribution is -1.92. The van der Waals surface area contributed by atoms with Gasteiger partial charge in [0.1, 0.15) is 0 Å². The number of hydrogen-bond donors (Lipinski definition) is 2. The van der Waals surface area contributed by atoms with Crippen LogP contribution in [0, 0.1) is 12.3 Å². The van der Waals surface area contributed by atoms with Crippen LogP contribution in [0.15, 0.2) is 0 Å². The third-order valence-corrected chi connectivity index (χ3v) is 0.491. The molecule has 0 unspecified atom stereocenters. The highest BCUT2D eigenvalue weighted by Gasteiger charge is 2.12. The number of rotatable bonds is 0. The molecule has 0 aromatic heterocycles. The molecular weight excluding hydrogens is 202 g/mol. The second-order valence-corrected chi connectivity index (χ2v) is 3.21. The number of carboxylic acid groups (broad SMARTS) is 2. The number of carbonyl (C=O) groups is 1. The Hall–Kier alpha value is -0.300. The van der Waals surface area contributed by atoms with Gasteiger partial charge >= 0.3 is 6.16 Å². The second-order valence-electron chi connectivity index (χ2n) is 0.925. The first kappa shape index (κ1) is 12.4. The van der Waals surface area contributed by atoms with Gasteiger partial charge in [0.15, 0.2) is 0 Å². The van der Waals surface area contributed by atoms with Gasteiger partial charge in [0.25, 0.3) is 3.79 Å². The summed E-state index contributed by atoms with van der Waals surface area (Å²) in [5.41, 5.74) is 0. The minimum absolute atomic E-state index is 1.51. The predicted octanol–water partition coefficient (Wildman–Crippen LogP) is 2.21. The first-order valence-corrected chi connectivity index (χ1v) is 2.89. The average Bonchev–Trinajstić information content (AvgIpc) is 1.63. The molecule has 0 aromatic rings. The van der Waals surface area contributed by atoms with E-state index in [0.717, 1.165) is 0 Å². The highest BCUT2D eigenvalue weighted by molar-refractivity contribution is 6.69. The summed E-state index contributed by atoms with van der Waals surface area (Å²) in [6.45, 7) is 0. The molecule has 0 rings (SSSR count). The van der Waals surface area contributed by atoms with Crippen molar-refractivity contribution in [3.63, 3.8) is 0 Å². The van der Waals surface area contributed by atoms with E-state index >= 15 is 0 Å². The fraction of sp³-hybridized carbons (Fsp3) is 0.250. The molecule has 2 N–H and O–H groups in total. The lowest BCUT2D eigenvalue weighted by atomic mass is 10.8. The van der Waals surface area contributed by atoms with E-state index in [2.05, 4.69) is 6.42 Å². The van der Waals surface area contributed by atoms with Crippen LogP contribution in [0.5, 0.6) is 0 Å². The maximum Gasteiger partial charge on any atom is 0.503 e. The van der Waals surface area contributed by atoms with E-state index in [4.69, 9.17) is 49.8 Å². The summed E-state index contributed by atoms with van der Waals surface area (Å²) >= 11 is 15.0. The van der Waals surface area contributed by atoms with Crippen molar-refractivity contribution in [2.45, 2.75) is 3.79 Å². The molecule has 0 aromatic carbocycles. The molecule has 0 radical (unpaired) electrons. The van der Waals surface area contributed by atoms with Crippen molar-refractivity contribution in [2.24, 2.45) is 0 Å². The number of terminal acetylenes is 1. The summed E-state index contributed by atoms with van der Waals surface area (Å²) in [5.74, 6) is 1.90. The van der Waals surface area contributed by atoms with E-state index in [0.29, 0.717) is 0 Å². The van der Waals surface area contributed by atoms with Gasteiger partial charge in [-0.25, -0.2) is 4.79 Å². The van der Waals surface area contributed by atoms with Crippen LogP contribution < -0.4 is 0 Å². The molecule has 0 atom stereocenters. The molecule has 0 aliphatic carbocycles. The molecule has 0 bridgehead atoms. The van der Waals surface area contributed by atoms with Crippen LogP contribution in [0.2, 0.25) is 0 Å². The number of hydrogen-bond acceptors (Lipinski definition) is 1. The topological polar surface area (TPSA) is 57.5 Å². The molecule has 0 fully saturated rings. The lowest BCUT2D eigenvalue weighted by molar-refractivity contribution is 0.137. The first-order chi connectivity index (χ1) is 4.29. The van der Waals surface area contributed by atoms with Crippen LogP contribution in [0.1, 0.15) is 0 Å². The summed E-state index contributed by atoms with van der Waals surface area (Å²) in [4.78, 5) is 8.56. The predicted molar refractivity (Wildman–Crippen MR) is 39.8 cm³/mol. The van der Waals surface area contributed by atoms with Crippen molar-refractivity contribution in [2.75, 3.05) is 0 Å². The molecule has 0 aliphatic heterocycles. The number of alkyl halides is 3. The SMILES string of the molecule is C#CC(Cl)(Cl)Cl.O=C(O)O. The van der Waals surface area contributed by atoms with Crippen molar-refractivity contribution in [1.82, 2.24) is 0 Å². The monoisotopic (exact) mass is 204 g/mol. The highest BCUT2D eigenvalue weighted by atomic mass is 35.6. The fourth-order valence-corrected chi connectivity index (χ4v) is 0. The van der Waals surface area contributed by atoms with Crippen LogP contribution in [-0.2, 0) is 0 Å². The van der Waals surface area contributed by atoms with Gasteiger partial charge < -0.3 is 10.2 Å². The van der Waals surface area contributed by atoms with E-state index in [1.54, 1.807) is 0 Å². The quantitative estimate of drug-likeness (QED) is 0.471. The summed E-state index contributed by atoms with van der Waals surface area (Å²) in [5, 5.41) is 13.9. The van der Waals surface area contributed by atoms with Crippen LogP contribution in [-0.4, -0.2) is 20.2 Å². The van der Waals surface area contributed by atoms with Crippen molar-refractivity contribution >= 4 is 41.0 Å². The Balaban J connectivity index is 0. The van der Waals surface area contributed by atoms with Gasteiger partial charge in [-0.05, 0) is 0 Å². The summed E-state index contributed by atoms with van der Waals surface area (Å²) in [6.07, 6.45) is 2.83. The van der Waals surface area contributed by atoms with Gasteiger partial charge in [-0.2, -0.15) is 0 Å². The standard InChI is InChI=1S/C3HCl3.CH2O3/c1-2-3(4,5)6;2-1(3)4/h1H;(H2,2,3,4). The van der Waals surface area contributed by atoms with Crippen molar-refractivity contribution < 1.29 is 15.0 Å². The maximum atomic E-state index is 8.56. The van der Waals surface area contributed by atoms with Gasteiger partial charge in [-0.15, -0.1) is 6.42 Å². The summed E-state index contributed by atoms with van der Waals surface area (Å²) in [6, 6.07) is 0. The zero-order chi connectivity index (χ0) is 8.78. The van der Waals surface area contributed by atoms with Gasteiger partial charge in [0.2, 0.25) is 0 Å². The Labute approximate surface area is 72.5 Å². The van der Waals surface area contributed by atoms with E-state index in [9.17, 15) is 0 Å². The zero-order valence-corrected chi connectivity index (χ0v) is 6.78. The largest absolute Gasteiger partial charge is 0.503 e. The minimum Gasteiger partial charge on any atom is -0.450 e. The average molecular weight is 205 g/mol. The molecule has 0 saturated carbocycles. The molecule has 0 heterocycles. The molecule has 0 saturated heterocycles. The normalized spacial score (nSPS) is 8.60. The van der Waals surface area contributed by atoms with Crippen molar-refractivity contribution in [3.05, 3.63) is 0 Å². The smallest absolute Gasteiger partial charge is 0.450 e. The van der Waals surface area contributed by atoms with Crippen LogP contribution in [0.3, 0.4) is 0 Å². The van der Waals surface area contributed by atoms with E-state index in [1.807, 2.05) is 5.92 Å². The highest BCUT2D eigenvalue weighted by Crippen LogP contribution is 2.23. The molecule has 6 heteroatoms. The molecular formula is C4H3Cl3O3. The fourth-order valence-electron chi connectivity index (χ4n) is 0. The Morgan fingerprint density at radius 1 is 1.40 bits per heavy atom. The Morgan fingerprint density at radius 3 is 1.50 bits per heavy atom. The molecule has 0 spiro atoms. The van der Waals surface area contributed by atoms with Crippen molar-refractivity contribution in [3.8, 4) is 12.3 Å². The first-order valence-electron chi connectivity index (χ1n) is 1.76. The number of halogens is 3. The van der Waals surface area contributed by atoms with Crippen LogP contribution >= 0.6 is 34.8 Å². The van der Waals surface area contributed by atoms with E-state index < -0.39 is 9.95 Å². The lowest BCUT2D eigenvalue weighted by Gasteiger charge is -1.94. The molecule has 10 heavy (non-hydrogen) atoms. The minimum atomic E-state index is -1.83. The second kappa shape index (κ2) is 5.48. The molecule has 0 aliphatic rings. The Bertz CT molecular complexity index is 139. The van der Waals surface area contributed by atoms with Gasteiger partial charge in [-0.1, -0.05) is 40.7 Å². The van der Waals surface area contributed by atoms with Crippen LogP contribution in [0.25, 0.3) is 0 Å². The van der Waals surface area contributed by atoms with Crippen molar-refractivity contribution in [1.29, 1.82) is 0 Å².